The second-order valence-corrected chi connectivity index (χ2v) is 10.6. The van der Waals surface area contributed by atoms with Crippen molar-refractivity contribution in [2.24, 2.45) is 17.8 Å². The van der Waals surface area contributed by atoms with Gasteiger partial charge in [-0.15, -0.1) is 0 Å². The topological polar surface area (TPSA) is 0 Å². The molecule has 0 nitrogen and oxygen atoms in total. The Balaban J connectivity index is 1.45. The summed E-state index contributed by atoms with van der Waals surface area (Å²) in [4.78, 5) is 0. The quantitative estimate of drug-likeness (QED) is 0.300. The van der Waals surface area contributed by atoms with Crippen LogP contribution in [-0.2, 0) is 6.42 Å². The fraction of sp³-hybridized carbons (Fsp3) is 0.778. The van der Waals surface area contributed by atoms with Crippen LogP contribution >= 0.6 is 0 Å². The van der Waals surface area contributed by atoms with Crippen LogP contribution in [0.5, 0.6) is 0 Å². The Labute approximate surface area is 198 Å². The Bertz CT molecular complexity index is 737. The SMILES string of the molecule is CCCC[C@H]1CC[C@H]([C@H]2CC[C@H](c3ccc(CCC(F)(F)C(F)(F)C(F)(F)F)cc3)CC2)CC1. The minimum atomic E-state index is -6.27. The van der Waals surface area contributed by atoms with E-state index in [4.69, 9.17) is 0 Å². The van der Waals surface area contributed by atoms with Gasteiger partial charge in [-0.3, -0.25) is 0 Å². The Kier molecular flexibility index (Phi) is 9.00. The van der Waals surface area contributed by atoms with E-state index in [9.17, 15) is 30.7 Å². The summed E-state index contributed by atoms with van der Waals surface area (Å²) in [5, 5.41) is 0. The van der Waals surface area contributed by atoms with E-state index in [1.165, 1.54) is 57.8 Å². The van der Waals surface area contributed by atoms with Crippen LogP contribution in [0.25, 0.3) is 0 Å². The maximum atomic E-state index is 13.5. The largest absolute Gasteiger partial charge is 0.459 e. The molecule has 0 aliphatic heterocycles. The molecule has 7 heteroatoms. The average molecular weight is 495 g/mol. The van der Waals surface area contributed by atoms with Crippen LogP contribution in [0.1, 0.15) is 101 Å². The number of benzene rings is 1. The number of hydrogen-bond acceptors (Lipinski definition) is 0. The molecule has 0 heterocycles. The predicted octanol–water partition coefficient (Wildman–Crippen LogP) is 9.72. The molecule has 0 atom stereocenters. The average Bonchev–Trinajstić information content (AvgIpc) is 2.81. The molecular weight excluding hydrogens is 457 g/mol. The molecule has 194 valence electrons. The van der Waals surface area contributed by atoms with E-state index in [0.29, 0.717) is 11.5 Å². The number of hydrogen-bond donors (Lipinski definition) is 0. The van der Waals surface area contributed by atoms with Crippen LogP contribution in [0.4, 0.5) is 30.7 Å². The molecule has 3 rings (SSSR count). The molecule has 0 bridgehead atoms. The van der Waals surface area contributed by atoms with Gasteiger partial charge in [0.15, 0.2) is 0 Å². The van der Waals surface area contributed by atoms with Gasteiger partial charge in [0.1, 0.15) is 0 Å². The fourth-order valence-corrected chi connectivity index (χ4v) is 5.99. The van der Waals surface area contributed by atoms with Gasteiger partial charge in [-0.2, -0.15) is 30.7 Å². The predicted molar refractivity (Wildman–Crippen MR) is 120 cm³/mol. The Morgan fingerprint density at radius 3 is 1.76 bits per heavy atom. The molecule has 2 aliphatic carbocycles. The summed E-state index contributed by atoms with van der Waals surface area (Å²) in [7, 11) is 0. The Hall–Kier alpha value is -1.27. The van der Waals surface area contributed by atoms with Crippen molar-refractivity contribution >= 4 is 0 Å². The molecule has 0 aromatic heterocycles. The van der Waals surface area contributed by atoms with E-state index >= 15 is 0 Å². The second-order valence-electron chi connectivity index (χ2n) is 10.6. The smallest absolute Gasteiger partial charge is 0.199 e. The number of rotatable bonds is 9. The first-order valence-electron chi connectivity index (χ1n) is 12.9. The summed E-state index contributed by atoms with van der Waals surface area (Å²) in [5.74, 6) is -8.27. The standard InChI is InChI=1S/C27H37F7/c1-2-3-4-19-5-9-21(10-6-19)23-13-15-24(16-14-23)22-11-7-20(8-12-22)17-18-25(28,29)26(30,31)27(32,33)34/h7-8,11-12,19,21,23-24H,2-6,9-10,13-18H2,1H3/t19-,21-,23-,24-. The van der Waals surface area contributed by atoms with Crippen LogP contribution in [0.3, 0.4) is 0 Å². The zero-order valence-electron chi connectivity index (χ0n) is 20.0. The van der Waals surface area contributed by atoms with Crippen molar-refractivity contribution in [2.45, 2.75) is 114 Å². The second kappa shape index (κ2) is 11.2. The summed E-state index contributed by atoms with van der Waals surface area (Å²) in [5.41, 5.74) is 1.44. The van der Waals surface area contributed by atoms with Crippen molar-refractivity contribution in [1.29, 1.82) is 0 Å². The molecule has 0 amide bonds. The summed E-state index contributed by atoms with van der Waals surface area (Å²) in [6.45, 7) is 2.25. The number of halogens is 7. The third-order valence-electron chi connectivity index (χ3n) is 8.29. The van der Waals surface area contributed by atoms with Crippen LogP contribution in [0.15, 0.2) is 24.3 Å². The van der Waals surface area contributed by atoms with Crippen molar-refractivity contribution in [3.63, 3.8) is 0 Å². The van der Waals surface area contributed by atoms with Gasteiger partial charge in [-0.05, 0) is 79.7 Å². The van der Waals surface area contributed by atoms with Gasteiger partial charge < -0.3 is 0 Å². The lowest BCUT2D eigenvalue weighted by Crippen LogP contribution is -2.52. The summed E-state index contributed by atoms with van der Waals surface area (Å²) >= 11 is 0. The Morgan fingerprint density at radius 2 is 1.26 bits per heavy atom. The van der Waals surface area contributed by atoms with Crippen LogP contribution in [0.2, 0.25) is 0 Å². The molecule has 34 heavy (non-hydrogen) atoms. The van der Waals surface area contributed by atoms with Crippen molar-refractivity contribution in [3.8, 4) is 0 Å². The molecule has 0 N–H and O–H groups in total. The van der Waals surface area contributed by atoms with Crippen LogP contribution in [0, 0.1) is 17.8 Å². The van der Waals surface area contributed by atoms with Crippen molar-refractivity contribution in [3.05, 3.63) is 35.4 Å². The third kappa shape index (κ3) is 6.48. The number of aryl methyl sites for hydroxylation is 1. The third-order valence-corrected chi connectivity index (χ3v) is 8.29. The maximum absolute atomic E-state index is 13.5. The maximum Gasteiger partial charge on any atom is 0.459 e. The van der Waals surface area contributed by atoms with Crippen LogP contribution < -0.4 is 0 Å². The van der Waals surface area contributed by atoms with Gasteiger partial charge in [0.25, 0.3) is 0 Å². The lowest BCUT2D eigenvalue weighted by Gasteiger charge is -2.38. The highest BCUT2D eigenvalue weighted by Gasteiger charge is 2.72. The molecule has 0 spiro atoms. The highest BCUT2D eigenvalue weighted by molar-refractivity contribution is 5.26. The van der Waals surface area contributed by atoms with Gasteiger partial charge >= 0.3 is 18.0 Å². The normalized spacial score (nSPS) is 27.1. The van der Waals surface area contributed by atoms with Gasteiger partial charge in [0, 0.05) is 6.42 Å². The van der Waals surface area contributed by atoms with Gasteiger partial charge in [-0.1, -0.05) is 63.3 Å². The molecule has 2 aliphatic rings. The van der Waals surface area contributed by atoms with Crippen molar-refractivity contribution in [1.82, 2.24) is 0 Å². The lowest BCUT2D eigenvalue weighted by atomic mass is 9.68. The first-order chi connectivity index (χ1) is 15.9. The van der Waals surface area contributed by atoms with E-state index in [2.05, 4.69) is 6.92 Å². The van der Waals surface area contributed by atoms with E-state index in [1.54, 1.807) is 12.1 Å². The summed E-state index contributed by atoms with van der Waals surface area (Å²) in [6.07, 6.45) is 5.56. The zero-order chi connectivity index (χ0) is 25.0. The molecule has 2 saturated carbocycles. The zero-order valence-corrected chi connectivity index (χ0v) is 20.0. The van der Waals surface area contributed by atoms with E-state index < -0.39 is 30.9 Å². The minimum Gasteiger partial charge on any atom is -0.199 e. The van der Waals surface area contributed by atoms with Gasteiger partial charge in [-0.25, -0.2) is 0 Å². The first kappa shape index (κ1) is 27.3. The van der Waals surface area contributed by atoms with Crippen molar-refractivity contribution in [2.75, 3.05) is 0 Å². The summed E-state index contributed by atoms with van der Waals surface area (Å²) in [6, 6.07) is 6.81. The van der Waals surface area contributed by atoms with E-state index in [-0.39, 0.29) is 0 Å². The number of unbranched alkanes of at least 4 members (excludes halogenated alkanes) is 1. The molecule has 2 fully saturated rings. The molecular formula is C27H37F7. The van der Waals surface area contributed by atoms with Crippen molar-refractivity contribution < 1.29 is 30.7 Å². The van der Waals surface area contributed by atoms with Crippen LogP contribution in [-0.4, -0.2) is 18.0 Å². The highest BCUT2D eigenvalue weighted by atomic mass is 19.4. The minimum absolute atomic E-state index is 0.343. The van der Waals surface area contributed by atoms with E-state index in [1.807, 2.05) is 12.1 Å². The highest BCUT2D eigenvalue weighted by Crippen LogP contribution is 2.48. The fourth-order valence-electron chi connectivity index (χ4n) is 5.99. The van der Waals surface area contributed by atoms with E-state index in [0.717, 1.165) is 36.2 Å². The molecule has 0 unspecified atom stereocenters. The summed E-state index contributed by atoms with van der Waals surface area (Å²) < 4.78 is 90.1. The molecule has 1 aromatic carbocycles. The lowest BCUT2D eigenvalue weighted by molar-refractivity contribution is -0.355. The molecule has 1 aromatic rings. The first-order valence-corrected chi connectivity index (χ1v) is 12.9. The molecule has 0 saturated heterocycles. The van der Waals surface area contributed by atoms with Gasteiger partial charge in [0.2, 0.25) is 0 Å². The number of alkyl halides is 7. The molecule has 0 radical (unpaired) electrons. The monoisotopic (exact) mass is 494 g/mol. The Morgan fingerprint density at radius 1 is 0.735 bits per heavy atom. The van der Waals surface area contributed by atoms with Gasteiger partial charge in [0.05, 0.1) is 0 Å².